The van der Waals surface area contributed by atoms with Gasteiger partial charge in [0.15, 0.2) is 0 Å². The molecule has 0 aliphatic carbocycles. The number of hydrogen-bond acceptors (Lipinski definition) is 2. The molecule has 0 bridgehead atoms. The third-order valence-electron chi connectivity index (χ3n) is 1.79. The van der Waals surface area contributed by atoms with Crippen molar-refractivity contribution < 1.29 is 18.3 Å². The number of hydrogen-bond donors (Lipinski definition) is 2. The van der Waals surface area contributed by atoms with Gasteiger partial charge in [0.2, 0.25) is 0 Å². The van der Waals surface area contributed by atoms with E-state index in [1.807, 2.05) is 0 Å². The Bertz CT molecular complexity index is 333. The van der Waals surface area contributed by atoms with Gasteiger partial charge in [-0.25, -0.2) is 0 Å². The number of rotatable bonds is 1. The molecular weight excluding hydrogens is 195 g/mol. The number of nitrogens with two attached hydrogens (primary N) is 1. The smallest absolute Gasteiger partial charge is 0.399 e. The van der Waals surface area contributed by atoms with Crippen molar-refractivity contribution in [2.45, 2.75) is 19.2 Å². The zero-order chi connectivity index (χ0) is 10.9. The zero-order valence-electron chi connectivity index (χ0n) is 7.47. The Morgan fingerprint density at radius 2 is 1.86 bits per heavy atom. The molecule has 2 nitrogen and oxygen atoms in total. The summed E-state index contributed by atoms with van der Waals surface area (Å²) in [7, 11) is 0. The molecule has 0 amide bonds. The molecule has 0 radical (unpaired) electrons. The van der Waals surface area contributed by atoms with E-state index in [0.717, 1.165) is 12.1 Å². The predicted molar refractivity (Wildman–Crippen MR) is 46.5 cm³/mol. The van der Waals surface area contributed by atoms with Crippen LogP contribution in [-0.2, 0) is 6.18 Å². The highest BCUT2D eigenvalue weighted by Gasteiger charge is 2.31. The van der Waals surface area contributed by atoms with E-state index < -0.39 is 17.8 Å². The van der Waals surface area contributed by atoms with Gasteiger partial charge < -0.3 is 10.8 Å². The summed E-state index contributed by atoms with van der Waals surface area (Å²) in [6.07, 6.45) is -5.39. The van der Waals surface area contributed by atoms with Gasteiger partial charge >= 0.3 is 6.18 Å². The van der Waals surface area contributed by atoms with Crippen LogP contribution in [0.25, 0.3) is 0 Å². The summed E-state index contributed by atoms with van der Waals surface area (Å²) in [4.78, 5) is 0. The molecule has 0 aliphatic heterocycles. The monoisotopic (exact) mass is 205 g/mol. The lowest BCUT2D eigenvalue weighted by atomic mass is 10.1. The van der Waals surface area contributed by atoms with Gasteiger partial charge in [-0.3, -0.25) is 0 Å². The fraction of sp³-hybridized carbons (Fsp3) is 0.333. The molecule has 78 valence electrons. The second-order valence-electron chi connectivity index (χ2n) is 3.06. The fourth-order valence-corrected chi connectivity index (χ4v) is 1.08. The van der Waals surface area contributed by atoms with Crippen molar-refractivity contribution >= 4 is 5.69 Å². The number of anilines is 1. The Hall–Kier alpha value is -1.23. The molecule has 3 N–H and O–H groups in total. The van der Waals surface area contributed by atoms with E-state index in [1.54, 1.807) is 0 Å². The van der Waals surface area contributed by atoms with Crippen LogP contribution in [0.4, 0.5) is 18.9 Å². The van der Waals surface area contributed by atoms with Gasteiger partial charge in [0, 0.05) is 5.69 Å². The molecule has 0 saturated heterocycles. The lowest BCUT2D eigenvalue weighted by Crippen LogP contribution is -2.07. The Kier molecular flexibility index (Phi) is 2.71. The first-order valence-corrected chi connectivity index (χ1v) is 3.96. The molecule has 0 saturated carbocycles. The van der Waals surface area contributed by atoms with Crippen molar-refractivity contribution in [2.24, 2.45) is 0 Å². The van der Waals surface area contributed by atoms with Crippen molar-refractivity contribution in [3.63, 3.8) is 0 Å². The van der Waals surface area contributed by atoms with Crippen LogP contribution >= 0.6 is 0 Å². The Labute approximate surface area is 79.2 Å². The van der Waals surface area contributed by atoms with Gasteiger partial charge in [0.1, 0.15) is 0 Å². The summed E-state index contributed by atoms with van der Waals surface area (Å²) >= 11 is 0. The van der Waals surface area contributed by atoms with E-state index in [-0.39, 0.29) is 11.3 Å². The average molecular weight is 205 g/mol. The second-order valence-corrected chi connectivity index (χ2v) is 3.06. The first-order valence-electron chi connectivity index (χ1n) is 3.96. The molecule has 1 aromatic carbocycles. The SMILES string of the molecule is CC(O)c1cc(N)cc(C(F)(F)F)c1. The summed E-state index contributed by atoms with van der Waals surface area (Å²) in [5.41, 5.74) is 4.60. The molecule has 0 spiro atoms. The molecular formula is C9H10F3NO. The largest absolute Gasteiger partial charge is 0.416 e. The van der Waals surface area contributed by atoms with Crippen molar-refractivity contribution in [2.75, 3.05) is 5.73 Å². The van der Waals surface area contributed by atoms with Crippen LogP contribution in [-0.4, -0.2) is 5.11 Å². The van der Waals surface area contributed by atoms with Gasteiger partial charge in [-0.15, -0.1) is 0 Å². The summed E-state index contributed by atoms with van der Waals surface area (Å²) in [5, 5.41) is 9.12. The van der Waals surface area contributed by atoms with Gasteiger partial charge in [-0.05, 0) is 30.7 Å². The lowest BCUT2D eigenvalue weighted by Gasteiger charge is -2.11. The van der Waals surface area contributed by atoms with Gasteiger partial charge in [-0.1, -0.05) is 0 Å². The Morgan fingerprint density at radius 1 is 1.29 bits per heavy atom. The summed E-state index contributed by atoms with van der Waals surface area (Å²) in [6.45, 7) is 1.38. The average Bonchev–Trinajstić information content (AvgIpc) is 2.01. The quantitative estimate of drug-likeness (QED) is 0.691. The van der Waals surface area contributed by atoms with Crippen molar-refractivity contribution in [1.82, 2.24) is 0 Å². The van der Waals surface area contributed by atoms with E-state index >= 15 is 0 Å². The standard InChI is InChI=1S/C9H10F3NO/c1-5(14)6-2-7(9(10,11)12)4-8(13)3-6/h2-5,14H,13H2,1H3. The third kappa shape index (κ3) is 2.38. The topological polar surface area (TPSA) is 46.2 Å². The molecule has 1 aromatic rings. The molecule has 1 unspecified atom stereocenters. The number of benzene rings is 1. The van der Waals surface area contributed by atoms with Crippen molar-refractivity contribution in [3.05, 3.63) is 29.3 Å². The molecule has 14 heavy (non-hydrogen) atoms. The first kappa shape index (κ1) is 10.8. The minimum Gasteiger partial charge on any atom is -0.399 e. The van der Waals surface area contributed by atoms with Crippen LogP contribution in [0.5, 0.6) is 0 Å². The molecule has 5 heteroatoms. The van der Waals surface area contributed by atoms with Crippen LogP contribution in [0.1, 0.15) is 24.2 Å². The van der Waals surface area contributed by atoms with E-state index in [9.17, 15) is 13.2 Å². The van der Waals surface area contributed by atoms with Gasteiger partial charge in [0.25, 0.3) is 0 Å². The first-order chi connectivity index (χ1) is 6.30. The van der Waals surface area contributed by atoms with Crippen LogP contribution in [0, 0.1) is 0 Å². The van der Waals surface area contributed by atoms with Crippen LogP contribution in [0.3, 0.4) is 0 Å². The number of nitrogen functional groups attached to an aromatic ring is 1. The van der Waals surface area contributed by atoms with Crippen LogP contribution in [0.2, 0.25) is 0 Å². The number of aliphatic hydroxyl groups excluding tert-OH is 1. The molecule has 0 fully saturated rings. The normalized spacial score (nSPS) is 14.1. The summed E-state index contributed by atoms with van der Waals surface area (Å²) in [5.74, 6) is 0. The summed E-state index contributed by atoms with van der Waals surface area (Å²) < 4.78 is 36.8. The minimum atomic E-state index is -4.43. The fourth-order valence-electron chi connectivity index (χ4n) is 1.08. The lowest BCUT2D eigenvalue weighted by molar-refractivity contribution is -0.137. The van der Waals surface area contributed by atoms with E-state index in [4.69, 9.17) is 10.8 Å². The van der Waals surface area contributed by atoms with Crippen LogP contribution in [0.15, 0.2) is 18.2 Å². The minimum absolute atomic E-state index is 0.00396. The molecule has 1 rings (SSSR count). The highest BCUT2D eigenvalue weighted by Crippen LogP contribution is 2.32. The van der Waals surface area contributed by atoms with Crippen LogP contribution < -0.4 is 5.73 Å². The maximum Gasteiger partial charge on any atom is 0.416 e. The molecule has 0 aromatic heterocycles. The maximum absolute atomic E-state index is 12.3. The molecule has 0 heterocycles. The number of halogens is 3. The van der Waals surface area contributed by atoms with E-state index in [2.05, 4.69) is 0 Å². The van der Waals surface area contributed by atoms with Crippen molar-refractivity contribution in [1.29, 1.82) is 0 Å². The zero-order valence-corrected chi connectivity index (χ0v) is 7.47. The molecule has 1 atom stereocenters. The summed E-state index contributed by atoms with van der Waals surface area (Å²) in [6, 6.07) is 3.05. The van der Waals surface area contributed by atoms with Gasteiger partial charge in [-0.2, -0.15) is 13.2 Å². The number of alkyl halides is 3. The Balaban J connectivity index is 3.21. The van der Waals surface area contributed by atoms with E-state index in [0.29, 0.717) is 0 Å². The highest BCUT2D eigenvalue weighted by atomic mass is 19.4. The maximum atomic E-state index is 12.3. The second kappa shape index (κ2) is 3.49. The van der Waals surface area contributed by atoms with E-state index in [1.165, 1.54) is 13.0 Å². The highest BCUT2D eigenvalue weighted by molar-refractivity contribution is 5.46. The predicted octanol–water partition coefficient (Wildman–Crippen LogP) is 2.34. The van der Waals surface area contributed by atoms with Gasteiger partial charge in [0.05, 0.1) is 11.7 Å². The number of aliphatic hydroxyl groups is 1. The molecule has 0 aliphatic rings. The third-order valence-corrected chi connectivity index (χ3v) is 1.79. The van der Waals surface area contributed by atoms with Crippen molar-refractivity contribution in [3.8, 4) is 0 Å². The Morgan fingerprint density at radius 3 is 2.29 bits per heavy atom.